The van der Waals surface area contributed by atoms with Crippen LogP contribution in [0.4, 0.5) is 4.79 Å². The number of rotatable bonds is 3. The third-order valence-electron chi connectivity index (χ3n) is 3.41. The van der Waals surface area contributed by atoms with Gasteiger partial charge in [0.1, 0.15) is 0 Å². The fourth-order valence-corrected chi connectivity index (χ4v) is 2.58. The maximum atomic E-state index is 12.4. The van der Waals surface area contributed by atoms with Crippen molar-refractivity contribution in [2.75, 3.05) is 20.1 Å². The number of nitrogens with zero attached hydrogens (tertiary/aromatic N) is 1. The normalized spacial score (nSPS) is 14.7. The molecule has 1 fully saturated rings. The van der Waals surface area contributed by atoms with Crippen LogP contribution >= 0.6 is 15.9 Å². The Morgan fingerprint density at radius 3 is 2.70 bits per heavy atom. The monoisotopic (exact) mass is 339 g/mol. The second-order valence-electron chi connectivity index (χ2n) is 4.79. The van der Waals surface area contributed by atoms with E-state index < -0.39 is 0 Å². The maximum Gasteiger partial charge on any atom is 0.314 e. The van der Waals surface area contributed by atoms with E-state index >= 15 is 0 Å². The average molecular weight is 340 g/mol. The lowest BCUT2D eigenvalue weighted by Crippen LogP contribution is -2.62. The molecule has 2 N–H and O–H groups in total. The van der Waals surface area contributed by atoms with Crippen molar-refractivity contribution < 1.29 is 9.59 Å². The first-order chi connectivity index (χ1) is 9.55. The summed E-state index contributed by atoms with van der Waals surface area (Å²) in [4.78, 5) is 25.4. The molecule has 1 saturated heterocycles. The quantitative estimate of drug-likeness (QED) is 0.881. The molecule has 0 saturated carbocycles. The molecular formula is C14H18BrN3O2. The molecule has 0 spiro atoms. The van der Waals surface area contributed by atoms with Crippen LogP contribution in [0, 0.1) is 0 Å². The van der Waals surface area contributed by atoms with Crippen LogP contribution in [-0.2, 0) is 6.42 Å². The molecule has 3 amide bonds. The number of halogens is 1. The van der Waals surface area contributed by atoms with Gasteiger partial charge in [-0.3, -0.25) is 4.79 Å². The Balaban J connectivity index is 2.00. The number of hydrogen-bond acceptors (Lipinski definition) is 2. The second-order valence-corrected chi connectivity index (χ2v) is 5.70. The van der Waals surface area contributed by atoms with E-state index in [9.17, 15) is 9.59 Å². The van der Waals surface area contributed by atoms with Crippen molar-refractivity contribution in [1.29, 1.82) is 0 Å². The summed E-state index contributed by atoms with van der Waals surface area (Å²) in [5.41, 5.74) is 1.78. The summed E-state index contributed by atoms with van der Waals surface area (Å²) in [6, 6.07) is 5.61. The number of hydrogen-bond donors (Lipinski definition) is 2. The van der Waals surface area contributed by atoms with Crippen LogP contribution in [0.15, 0.2) is 22.7 Å². The summed E-state index contributed by atoms with van der Waals surface area (Å²) >= 11 is 3.40. The second kappa shape index (κ2) is 6.26. The molecule has 1 aliphatic rings. The van der Waals surface area contributed by atoms with Gasteiger partial charge in [-0.2, -0.15) is 0 Å². The van der Waals surface area contributed by atoms with Crippen LogP contribution in [0.1, 0.15) is 22.8 Å². The summed E-state index contributed by atoms with van der Waals surface area (Å²) in [6.07, 6.45) is 0.822. The van der Waals surface area contributed by atoms with E-state index in [2.05, 4.69) is 26.6 Å². The predicted octanol–water partition coefficient (Wildman–Crippen LogP) is 1.76. The van der Waals surface area contributed by atoms with Gasteiger partial charge in [0.25, 0.3) is 5.91 Å². The van der Waals surface area contributed by atoms with E-state index in [0.717, 1.165) is 22.0 Å². The molecular weight excluding hydrogens is 322 g/mol. The molecule has 0 aliphatic carbocycles. The highest BCUT2D eigenvalue weighted by Gasteiger charge is 2.32. The Morgan fingerprint density at radius 1 is 1.40 bits per heavy atom. The van der Waals surface area contributed by atoms with Gasteiger partial charge in [0, 0.05) is 30.2 Å². The smallest absolute Gasteiger partial charge is 0.314 e. The largest absolute Gasteiger partial charge is 0.341 e. The first kappa shape index (κ1) is 14.8. The van der Waals surface area contributed by atoms with Gasteiger partial charge in [-0.25, -0.2) is 4.79 Å². The molecule has 1 aliphatic heterocycles. The number of carbonyl (C=O) groups excluding carboxylic acids is 2. The molecule has 0 unspecified atom stereocenters. The third kappa shape index (κ3) is 3.12. The van der Waals surface area contributed by atoms with E-state index in [-0.39, 0.29) is 18.0 Å². The van der Waals surface area contributed by atoms with Crippen molar-refractivity contribution in [1.82, 2.24) is 15.5 Å². The summed E-state index contributed by atoms with van der Waals surface area (Å²) in [7, 11) is 1.58. The molecule has 6 heteroatoms. The van der Waals surface area contributed by atoms with Crippen molar-refractivity contribution in [3.63, 3.8) is 0 Å². The van der Waals surface area contributed by atoms with Crippen LogP contribution in [-0.4, -0.2) is 43.0 Å². The van der Waals surface area contributed by atoms with Gasteiger partial charge in [0.05, 0.1) is 6.04 Å². The summed E-state index contributed by atoms with van der Waals surface area (Å²) in [5, 5.41) is 5.29. The minimum atomic E-state index is -0.209. The van der Waals surface area contributed by atoms with E-state index in [0.29, 0.717) is 13.1 Å². The van der Waals surface area contributed by atoms with Crippen LogP contribution < -0.4 is 10.6 Å². The molecule has 1 heterocycles. The Kier molecular flexibility index (Phi) is 4.65. The van der Waals surface area contributed by atoms with E-state index in [4.69, 9.17) is 0 Å². The number of likely N-dealkylation sites (tertiary alicyclic amines) is 1. The summed E-state index contributed by atoms with van der Waals surface area (Å²) in [6.45, 7) is 3.15. The van der Waals surface area contributed by atoms with Crippen LogP contribution in [0.5, 0.6) is 0 Å². The van der Waals surface area contributed by atoms with Gasteiger partial charge in [-0.05, 0) is 24.1 Å². The van der Waals surface area contributed by atoms with Crippen LogP contribution in [0.3, 0.4) is 0 Å². The maximum absolute atomic E-state index is 12.4. The lowest BCUT2D eigenvalue weighted by molar-refractivity contribution is 0.0576. The average Bonchev–Trinajstić information content (AvgIpc) is 2.41. The fourth-order valence-electron chi connectivity index (χ4n) is 2.22. The predicted molar refractivity (Wildman–Crippen MR) is 80.8 cm³/mol. The lowest BCUT2D eigenvalue weighted by Gasteiger charge is -2.39. The zero-order valence-corrected chi connectivity index (χ0v) is 13.2. The molecule has 0 atom stereocenters. The highest BCUT2D eigenvalue weighted by atomic mass is 79.9. The minimum Gasteiger partial charge on any atom is -0.341 e. The van der Waals surface area contributed by atoms with Gasteiger partial charge >= 0.3 is 6.03 Å². The number of aryl methyl sites for hydroxylation is 1. The zero-order chi connectivity index (χ0) is 14.7. The third-order valence-corrected chi connectivity index (χ3v) is 3.91. The molecule has 0 bridgehead atoms. The van der Waals surface area contributed by atoms with Gasteiger partial charge < -0.3 is 15.5 Å². The zero-order valence-electron chi connectivity index (χ0n) is 11.6. The Hall–Kier alpha value is -1.56. The summed E-state index contributed by atoms with van der Waals surface area (Å²) < 4.78 is 0.901. The van der Waals surface area contributed by atoms with Gasteiger partial charge in [-0.1, -0.05) is 28.9 Å². The number of amides is 3. The Morgan fingerprint density at radius 2 is 2.10 bits per heavy atom. The molecule has 5 nitrogen and oxygen atoms in total. The van der Waals surface area contributed by atoms with Crippen molar-refractivity contribution in [3.8, 4) is 0 Å². The topological polar surface area (TPSA) is 61.4 Å². The summed E-state index contributed by atoms with van der Waals surface area (Å²) in [5.74, 6) is 0.0260. The molecule has 2 rings (SSSR count). The van der Waals surface area contributed by atoms with Gasteiger partial charge in [0.2, 0.25) is 0 Å². The minimum absolute atomic E-state index is 0.0260. The molecule has 1 aromatic carbocycles. The van der Waals surface area contributed by atoms with E-state index in [1.54, 1.807) is 11.9 Å². The highest BCUT2D eigenvalue weighted by molar-refractivity contribution is 9.10. The van der Waals surface area contributed by atoms with Crippen LogP contribution in [0.2, 0.25) is 0 Å². The van der Waals surface area contributed by atoms with Crippen molar-refractivity contribution in [3.05, 3.63) is 33.8 Å². The fraction of sp³-hybridized carbons (Fsp3) is 0.429. The SMILES string of the molecule is CCc1ccc(Br)cc1C(=O)N1CC(NC(=O)NC)C1. The lowest BCUT2D eigenvalue weighted by atomic mass is 10.0. The molecule has 108 valence electrons. The van der Waals surface area contributed by atoms with Crippen molar-refractivity contribution >= 4 is 27.9 Å². The molecule has 0 radical (unpaired) electrons. The van der Waals surface area contributed by atoms with Gasteiger partial charge in [-0.15, -0.1) is 0 Å². The van der Waals surface area contributed by atoms with Crippen LogP contribution in [0.25, 0.3) is 0 Å². The Bertz CT molecular complexity index is 527. The Labute approximate surface area is 126 Å². The first-order valence-electron chi connectivity index (χ1n) is 6.61. The highest BCUT2D eigenvalue weighted by Crippen LogP contribution is 2.21. The van der Waals surface area contributed by atoms with E-state index in [1.165, 1.54) is 0 Å². The number of urea groups is 1. The number of nitrogens with one attached hydrogen (secondary N) is 2. The van der Waals surface area contributed by atoms with Gasteiger partial charge in [0.15, 0.2) is 0 Å². The molecule has 20 heavy (non-hydrogen) atoms. The van der Waals surface area contributed by atoms with E-state index in [1.807, 2.05) is 25.1 Å². The van der Waals surface area contributed by atoms with Crippen molar-refractivity contribution in [2.24, 2.45) is 0 Å². The molecule has 0 aromatic heterocycles. The number of carbonyl (C=O) groups is 2. The van der Waals surface area contributed by atoms with Crippen molar-refractivity contribution in [2.45, 2.75) is 19.4 Å². The standard InChI is InChI=1S/C14H18BrN3O2/c1-3-9-4-5-10(15)6-12(9)13(19)18-7-11(8-18)17-14(20)16-2/h4-6,11H,3,7-8H2,1-2H3,(H2,16,17,20). The molecule has 1 aromatic rings. The number of benzene rings is 1. The first-order valence-corrected chi connectivity index (χ1v) is 7.40.